The fourth-order valence-electron chi connectivity index (χ4n) is 2.72. The summed E-state index contributed by atoms with van der Waals surface area (Å²) in [6.45, 7) is 5.11. The molecule has 3 rings (SSSR count). The largest absolute Gasteiger partial charge is 0.486 e. The summed E-state index contributed by atoms with van der Waals surface area (Å²) in [5.74, 6) is 1.51. The highest BCUT2D eigenvalue weighted by Gasteiger charge is 2.21. The van der Waals surface area contributed by atoms with Gasteiger partial charge in [0.15, 0.2) is 11.5 Å². The molecular weight excluding hydrogens is 370 g/mol. The van der Waals surface area contributed by atoms with Crippen molar-refractivity contribution in [2.45, 2.75) is 36.5 Å². The number of carbonyl (C=O) groups excluding carboxylic acids is 1. The van der Waals surface area contributed by atoms with E-state index in [1.165, 1.54) is 0 Å². The number of carbonyl (C=O) groups is 1. The number of benzene rings is 2. The Morgan fingerprint density at radius 1 is 1.15 bits per heavy atom. The van der Waals surface area contributed by atoms with Crippen LogP contribution < -0.4 is 14.8 Å². The van der Waals surface area contributed by atoms with Gasteiger partial charge in [0.05, 0.1) is 11.3 Å². The average molecular weight is 392 g/mol. The van der Waals surface area contributed by atoms with Crippen LogP contribution in [0.2, 0.25) is 5.02 Å². The van der Waals surface area contributed by atoms with Crippen molar-refractivity contribution >= 4 is 29.3 Å². The molecule has 2 aromatic rings. The van der Waals surface area contributed by atoms with E-state index in [2.05, 4.69) is 5.32 Å². The fraction of sp³-hybridized carbons (Fsp3) is 0.350. The van der Waals surface area contributed by atoms with Crippen LogP contribution in [-0.4, -0.2) is 24.4 Å². The molecule has 0 unspecified atom stereocenters. The second-order valence-corrected chi connectivity index (χ2v) is 7.81. The molecule has 0 spiro atoms. The van der Waals surface area contributed by atoms with Crippen LogP contribution in [0.4, 0.5) is 0 Å². The highest BCUT2D eigenvalue weighted by Crippen LogP contribution is 2.33. The number of nitrogens with one attached hydrogen (secondary N) is 1. The Bertz CT molecular complexity index is 766. The Labute approximate surface area is 163 Å². The number of thioether (sulfide) groups is 1. The third-order valence-corrected chi connectivity index (χ3v) is 5.81. The van der Waals surface area contributed by atoms with Crippen LogP contribution in [0.25, 0.3) is 0 Å². The summed E-state index contributed by atoms with van der Waals surface area (Å²) < 4.78 is 11.2. The van der Waals surface area contributed by atoms with E-state index in [0.29, 0.717) is 18.2 Å². The van der Waals surface area contributed by atoms with Crippen LogP contribution in [0.1, 0.15) is 31.9 Å². The SMILES string of the molecule is CC[C@H](Sc1ccc(Cl)cc1)C(=O)N[C@H](C)c1ccc2c(c1)OCCO2. The lowest BCUT2D eigenvalue weighted by Gasteiger charge is -2.22. The van der Waals surface area contributed by atoms with Crippen molar-refractivity contribution in [1.82, 2.24) is 5.32 Å². The van der Waals surface area contributed by atoms with Crippen LogP contribution in [0.5, 0.6) is 11.5 Å². The number of ether oxygens (including phenoxy) is 2. The standard InChI is InChI=1S/C20H22ClNO3S/c1-3-19(26-16-7-5-15(21)6-8-16)20(23)22-13(2)14-4-9-17-18(12-14)25-11-10-24-17/h4-9,12-13,19H,3,10-11H2,1-2H3,(H,22,23)/t13-,19+/m1/s1. The van der Waals surface area contributed by atoms with Crippen molar-refractivity contribution in [3.05, 3.63) is 53.1 Å². The molecule has 1 amide bonds. The van der Waals surface area contributed by atoms with Gasteiger partial charge in [-0.2, -0.15) is 0 Å². The van der Waals surface area contributed by atoms with Gasteiger partial charge in [0.2, 0.25) is 5.91 Å². The van der Waals surface area contributed by atoms with Gasteiger partial charge in [-0.15, -0.1) is 11.8 Å². The molecule has 2 atom stereocenters. The molecule has 1 aliphatic heterocycles. The number of rotatable bonds is 6. The van der Waals surface area contributed by atoms with Crippen LogP contribution in [0, 0.1) is 0 Å². The summed E-state index contributed by atoms with van der Waals surface area (Å²) in [5, 5.41) is 3.64. The minimum atomic E-state index is -0.157. The summed E-state index contributed by atoms with van der Waals surface area (Å²) >= 11 is 7.47. The van der Waals surface area contributed by atoms with E-state index in [0.717, 1.165) is 28.4 Å². The van der Waals surface area contributed by atoms with E-state index in [9.17, 15) is 4.79 Å². The molecule has 0 aromatic heterocycles. The van der Waals surface area contributed by atoms with Gasteiger partial charge in [-0.05, 0) is 55.3 Å². The molecule has 0 saturated heterocycles. The van der Waals surface area contributed by atoms with E-state index in [1.807, 2.05) is 56.3 Å². The first kappa shape index (κ1) is 18.9. The summed E-state index contributed by atoms with van der Waals surface area (Å²) in [6, 6.07) is 13.2. The van der Waals surface area contributed by atoms with Gasteiger partial charge in [0.25, 0.3) is 0 Å². The van der Waals surface area contributed by atoms with Crippen molar-refractivity contribution in [1.29, 1.82) is 0 Å². The van der Waals surface area contributed by atoms with Gasteiger partial charge in [0.1, 0.15) is 13.2 Å². The summed E-state index contributed by atoms with van der Waals surface area (Å²) in [4.78, 5) is 13.7. The maximum atomic E-state index is 12.7. The molecule has 4 nitrogen and oxygen atoms in total. The zero-order valence-electron chi connectivity index (χ0n) is 14.8. The minimum Gasteiger partial charge on any atom is -0.486 e. The molecule has 0 radical (unpaired) electrons. The quantitative estimate of drug-likeness (QED) is 0.714. The van der Waals surface area contributed by atoms with Gasteiger partial charge in [-0.25, -0.2) is 0 Å². The van der Waals surface area contributed by atoms with Gasteiger partial charge < -0.3 is 14.8 Å². The Hall–Kier alpha value is -1.85. The lowest BCUT2D eigenvalue weighted by Crippen LogP contribution is -2.34. The second kappa shape index (κ2) is 8.69. The first-order valence-electron chi connectivity index (χ1n) is 8.69. The second-order valence-electron chi connectivity index (χ2n) is 6.10. The van der Waals surface area contributed by atoms with Crippen LogP contribution in [0.3, 0.4) is 0 Å². The molecule has 1 N–H and O–H groups in total. The molecule has 26 heavy (non-hydrogen) atoms. The first-order valence-corrected chi connectivity index (χ1v) is 9.94. The number of fused-ring (bicyclic) bond motifs is 1. The molecule has 0 fully saturated rings. The van der Waals surface area contributed by atoms with Gasteiger partial charge in [0, 0.05) is 9.92 Å². The van der Waals surface area contributed by atoms with Gasteiger partial charge >= 0.3 is 0 Å². The van der Waals surface area contributed by atoms with E-state index in [1.54, 1.807) is 11.8 Å². The molecule has 1 aliphatic rings. The smallest absolute Gasteiger partial charge is 0.233 e. The van der Waals surface area contributed by atoms with E-state index in [4.69, 9.17) is 21.1 Å². The highest BCUT2D eigenvalue weighted by atomic mass is 35.5. The number of hydrogen-bond donors (Lipinski definition) is 1. The highest BCUT2D eigenvalue weighted by molar-refractivity contribution is 8.00. The Morgan fingerprint density at radius 2 is 1.85 bits per heavy atom. The maximum absolute atomic E-state index is 12.7. The molecule has 138 valence electrons. The summed E-state index contributed by atoms with van der Waals surface area (Å²) in [6.07, 6.45) is 0.743. The molecule has 2 aromatic carbocycles. The topological polar surface area (TPSA) is 47.6 Å². The Morgan fingerprint density at radius 3 is 2.54 bits per heavy atom. The predicted octanol–water partition coefficient (Wildman–Crippen LogP) is 4.86. The fourth-order valence-corrected chi connectivity index (χ4v) is 3.81. The minimum absolute atomic E-state index is 0.0230. The van der Waals surface area contributed by atoms with E-state index in [-0.39, 0.29) is 17.2 Å². The number of halogens is 1. The first-order chi connectivity index (χ1) is 12.6. The monoisotopic (exact) mass is 391 g/mol. The zero-order chi connectivity index (χ0) is 18.5. The molecule has 0 aliphatic carbocycles. The predicted molar refractivity (Wildman–Crippen MR) is 105 cm³/mol. The van der Waals surface area contributed by atoms with Crippen molar-refractivity contribution in [2.75, 3.05) is 13.2 Å². The van der Waals surface area contributed by atoms with Gasteiger partial charge in [-0.1, -0.05) is 24.6 Å². The van der Waals surface area contributed by atoms with Crippen molar-refractivity contribution < 1.29 is 14.3 Å². The summed E-state index contributed by atoms with van der Waals surface area (Å²) in [7, 11) is 0. The van der Waals surface area contributed by atoms with Crippen LogP contribution in [0.15, 0.2) is 47.4 Å². The number of amides is 1. The van der Waals surface area contributed by atoms with Crippen molar-refractivity contribution in [3.8, 4) is 11.5 Å². The summed E-state index contributed by atoms with van der Waals surface area (Å²) in [5.41, 5.74) is 0.994. The molecule has 0 bridgehead atoms. The zero-order valence-corrected chi connectivity index (χ0v) is 16.4. The lowest BCUT2D eigenvalue weighted by molar-refractivity contribution is -0.121. The van der Waals surface area contributed by atoms with Crippen molar-refractivity contribution in [3.63, 3.8) is 0 Å². The van der Waals surface area contributed by atoms with Crippen LogP contribution in [-0.2, 0) is 4.79 Å². The molecule has 1 heterocycles. The molecule has 0 saturated carbocycles. The normalized spacial score (nSPS) is 15.2. The molecule has 6 heteroatoms. The van der Waals surface area contributed by atoms with E-state index < -0.39 is 0 Å². The maximum Gasteiger partial charge on any atom is 0.233 e. The van der Waals surface area contributed by atoms with Crippen LogP contribution >= 0.6 is 23.4 Å². The van der Waals surface area contributed by atoms with E-state index >= 15 is 0 Å². The number of hydrogen-bond acceptors (Lipinski definition) is 4. The Balaban J connectivity index is 1.64. The third-order valence-electron chi connectivity index (χ3n) is 4.18. The third kappa shape index (κ3) is 4.65. The lowest BCUT2D eigenvalue weighted by atomic mass is 10.1. The van der Waals surface area contributed by atoms with Crippen molar-refractivity contribution in [2.24, 2.45) is 0 Å². The average Bonchev–Trinajstić information content (AvgIpc) is 2.67. The van der Waals surface area contributed by atoms with Gasteiger partial charge in [-0.3, -0.25) is 4.79 Å². The molecular formula is C20H22ClNO3S. The Kier molecular flexibility index (Phi) is 6.33.